The Hall–Kier alpha value is -1.06. The van der Waals surface area contributed by atoms with Crippen LogP contribution in [0.5, 0.6) is 0 Å². The van der Waals surface area contributed by atoms with E-state index >= 15 is 0 Å². The summed E-state index contributed by atoms with van der Waals surface area (Å²) in [5.74, 6) is 0.836. The fourth-order valence-electron chi connectivity index (χ4n) is 2.77. The van der Waals surface area contributed by atoms with Crippen LogP contribution in [0.1, 0.15) is 24.3 Å². The van der Waals surface area contributed by atoms with Crippen molar-refractivity contribution in [3.63, 3.8) is 0 Å². The number of rotatable bonds is 4. The zero-order chi connectivity index (χ0) is 13.0. The van der Waals surface area contributed by atoms with Crippen LogP contribution >= 0.6 is 0 Å². The van der Waals surface area contributed by atoms with Gasteiger partial charge in [-0.25, -0.2) is 0 Å². The Morgan fingerprint density at radius 3 is 2.56 bits per heavy atom. The summed E-state index contributed by atoms with van der Waals surface area (Å²) in [7, 11) is 4.09. The summed E-state index contributed by atoms with van der Waals surface area (Å²) in [6, 6.07) is 8.58. The minimum atomic E-state index is 0.244. The number of benzene rings is 1. The SMILES string of the molecule is CN(C)c1ccc(C(CO)C2CCCNC2)cc1. The van der Waals surface area contributed by atoms with Crippen LogP contribution < -0.4 is 10.2 Å². The first-order valence-corrected chi connectivity index (χ1v) is 6.81. The molecule has 100 valence electrons. The van der Waals surface area contributed by atoms with E-state index in [0.29, 0.717) is 5.92 Å². The molecule has 1 aromatic rings. The minimum Gasteiger partial charge on any atom is -0.396 e. The van der Waals surface area contributed by atoms with Crippen LogP contribution in [0.4, 0.5) is 5.69 Å². The van der Waals surface area contributed by atoms with Gasteiger partial charge in [-0.3, -0.25) is 0 Å². The predicted octanol–water partition coefficient (Wildman–Crippen LogP) is 1.83. The molecule has 0 aliphatic carbocycles. The molecule has 1 aliphatic heterocycles. The van der Waals surface area contributed by atoms with E-state index in [1.54, 1.807) is 0 Å². The van der Waals surface area contributed by atoms with E-state index in [1.807, 2.05) is 14.1 Å². The number of nitrogens with zero attached hydrogens (tertiary/aromatic N) is 1. The van der Waals surface area contributed by atoms with Crippen LogP contribution in [-0.4, -0.2) is 38.9 Å². The Morgan fingerprint density at radius 2 is 2.06 bits per heavy atom. The molecule has 1 aliphatic rings. The van der Waals surface area contributed by atoms with E-state index in [2.05, 4.69) is 34.5 Å². The second-order valence-corrected chi connectivity index (χ2v) is 5.38. The number of piperidine rings is 1. The molecule has 3 heteroatoms. The standard InChI is InChI=1S/C15H24N2O/c1-17(2)14-7-5-12(6-8-14)15(11-18)13-4-3-9-16-10-13/h5-8,13,15-16,18H,3-4,9-11H2,1-2H3. The lowest BCUT2D eigenvalue weighted by atomic mass is 9.82. The Labute approximate surface area is 110 Å². The molecule has 0 saturated carbocycles. The Kier molecular flexibility index (Phi) is 4.61. The molecule has 1 saturated heterocycles. The average molecular weight is 248 g/mol. The molecule has 0 bridgehead atoms. The molecule has 1 aromatic carbocycles. The third-order valence-electron chi connectivity index (χ3n) is 3.94. The molecule has 2 rings (SSSR count). The van der Waals surface area contributed by atoms with Crippen molar-refractivity contribution in [3.05, 3.63) is 29.8 Å². The highest BCUT2D eigenvalue weighted by molar-refractivity contribution is 5.46. The summed E-state index contributed by atoms with van der Waals surface area (Å²) < 4.78 is 0. The highest BCUT2D eigenvalue weighted by atomic mass is 16.3. The summed E-state index contributed by atoms with van der Waals surface area (Å²) in [4.78, 5) is 2.10. The van der Waals surface area contributed by atoms with E-state index in [4.69, 9.17) is 0 Å². The van der Waals surface area contributed by atoms with Crippen LogP contribution in [0.15, 0.2) is 24.3 Å². The van der Waals surface area contributed by atoms with Gasteiger partial charge in [0.1, 0.15) is 0 Å². The van der Waals surface area contributed by atoms with Gasteiger partial charge in [-0.15, -0.1) is 0 Å². The van der Waals surface area contributed by atoms with E-state index in [-0.39, 0.29) is 12.5 Å². The molecule has 0 aromatic heterocycles. The number of nitrogens with one attached hydrogen (secondary N) is 1. The molecule has 0 spiro atoms. The predicted molar refractivity (Wildman–Crippen MR) is 76.2 cm³/mol. The van der Waals surface area contributed by atoms with Crippen molar-refractivity contribution in [1.82, 2.24) is 5.32 Å². The van der Waals surface area contributed by atoms with Crippen molar-refractivity contribution < 1.29 is 5.11 Å². The first kappa shape index (κ1) is 13.4. The van der Waals surface area contributed by atoms with Gasteiger partial charge >= 0.3 is 0 Å². The Bertz CT molecular complexity index is 355. The topological polar surface area (TPSA) is 35.5 Å². The lowest BCUT2D eigenvalue weighted by Crippen LogP contribution is -2.34. The molecular weight excluding hydrogens is 224 g/mol. The highest BCUT2D eigenvalue weighted by Crippen LogP contribution is 2.30. The van der Waals surface area contributed by atoms with Gasteiger partial charge in [0.25, 0.3) is 0 Å². The average Bonchev–Trinajstić information content (AvgIpc) is 2.41. The second-order valence-electron chi connectivity index (χ2n) is 5.38. The van der Waals surface area contributed by atoms with Crippen LogP contribution in [0.2, 0.25) is 0 Å². The molecule has 2 unspecified atom stereocenters. The van der Waals surface area contributed by atoms with Crippen LogP contribution in [0, 0.1) is 5.92 Å². The fraction of sp³-hybridized carbons (Fsp3) is 0.600. The summed E-state index contributed by atoms with van der Waals surface area (Å²) in [5.41, 5.74) is 2.47. The van der Waals surface area contributed by atoms with Crippen molar-refractivity contribution in [3.8, 4) is 0 Å². The maximum Gasteiger partial charge on any atom is 0.0502 e. The highest BCUT2D eigenvalue weighted by Gasteiger charge is 2.24. The Morgan fingerprint density at radius 1 is 1.33 bits per heavy atom. The fourth-order valence-corrected chi connectivity index (χ4v) is 2.77. The summed E-state index contributed by atoms with van der Waals surface area (Å²) in [5, 5.41) is 13.1. The largest absolute Gasteiger partial charge is 0.396 e. The third-order valence-corrected chi connectivity index (χ3v) is 3.94. The van der Waals surface area contributed by atoms with Gasteiger partial charge in [-0.05, 0) is 49.5 Å². The number of hydrogen-bond acceptors (Lipinski definition) is 3. The molecule has 2 N–H and O–H groups in total. The molecule has 0 amide bonds. The number of aliphatic hydroxyl groups excluding tert-OH is 1. The van der Waals surface area contributed by atoms with Crippen LogP contribution in [0.3, 0.4) is 0 Å². The zero-order valence-electron chi connectivity index (χ0n) is 11.4. The molecule has 0 radical (unpaired) electrons. The number of aliphatic hydroxyl groups is 1. The number of hydrogen-bond donors (Lipinski definition) is 2. The summed E-state index contributed by atoms with van der Waals surface area (Å²) >= 11 is 0. The van der Waals surface area contributed by atoms with E-state index < -0.39 is 0 Å². The quantitative estimate of drug-likeness (QED) is 0.853. The first-order chi connectivity index (χ1) is 8.72. The van der Waals surface area contributed by atoms with Crippen molar-refractivity contribution in [2.24, 2.45) is 5.92 Å². The van der Waals surface area contributed by atoms with Gasteiger partial charge in [0, 0.05) is 25.7 Å². The molecule has 1 heterocycles. The van der Waals surface area contributed by atoms with Crippen molar-refractivity contribution in [2.45, 2.75) is 18.8 Å². The van der Waals surface area contributed by atoms with E-state index in [9.17, 15) is 5.11 Å². The maximum absolute atomic E-state index is 9.67. The normalized spacial score (nSPS) is 21.6. The monoisotopic (exact) mass is 248 g/mol. The molecular formula is C15H24N2O. The van der Waals surface area contributed by atoms with Gasteiger partial charge in [-0.2, -0.15) is 0 Å². The molecule has 3 nitrogen and oxygen atoms in total. The van der Waals surface area contributed by atoms with Gasteiger partial charge in [0.15, 0.2) is 0 Å². The lowest BCUT2D eigenvalue weighted by Gasteiger charge is -2.30. The minimum absolute atomic E-state index is 0.244. The molecule has 1 fully saturated rings. The first-order valence-electron chi connectivity index (χ1n) is 6.81. The summed E-state index contributed by atoms with van der Waals surface area (Å²) in [6.07, 6.45) is 2.44. The van der Waals surface area contributed by atoms with Crippen molar-refractivity contribution >= 4 is 5.69 Å². The van der Waals surface area contributed by atoms with Crippen molar-refractivity contribution in [2.75, 3.05) is 38.7 Å². The maximum atomic E-state index is 9.67. The summed E-state index contributed by atoms with van der Waals surface area (Å²) in [6.45, 7) is 2.39. The molecule has 18 heavy (non-hydrogen) atoms. The van der Waals surface area contributed by atoms with Crippen molar-refractivity contribution in [1.29, 1.82) is 0 Å². The van der Waals surface area contributed by atoms with E-state index in [0.717, 1.165) is 13.1 Å². The van der Waals surface area contributed by atoms with Gasteiger partial charge in [0.2, 0.25) is 0 Å². The number of anilines is 1. The second kappa shape index (κ2) is 6.21. The van der Waals surface area contributed by atoms with Gasteiger partial charge < -0.3 is 15.3 Å². The van der Waals surface area contributed by atoms with E-state index in [1.165, 1.54) is 24.1 Å². The molecule has 2 atom stereocenters. The zero-order valence-corrected chi connectivity index (χ0v) is 11.4. The smallest absolute Gasteiger partial charge is 0.0502 e. The van der Waals surface area contributed by atoms with Gasteiger partial charge in [-0.1, -0.05) is 12.1 Å². The van der Waals surface area contributed by atoms with Crippen LogP contribution in [0.25, 0.3) is 0 Å². The Balaban J connectivity index is 2.11. The van der Waals surface area contributed by atoms with Crippen LogP contribution in [-0.2, 0) is 0 Å². The van der Waals surface area contributed by atoms with Gasteiger partial charge in [0.05, 0.1) is 6.61 Å². The third kappa shape index (κ3) is 3.03. The lowest BCUT2D eigenvalue weighted by molar-refractivity contribution is 0.204.